The van der Waals surface area contributed by atoms with Crippen LogP contribution in [-0.2, 0) is 12.8 Å². The number of rotatable bonds is 3. The number of halogens is 1. The first-order chi connectivity index (χ1) is 6.15. The minimum absolute atomic E-state index is 0.725. The second-order valence-electron chi connectivity index (χ2n) is 3.84. The Labute approximate surface area is 89.5 Å². The molecule has 1 aromatic carbocycles. The number of benzene rings is 1. The Morgan fingerprint density at radius 3 is 2.38 bits per heavy atom. The molecule has 0 nitrogen and oxygen atoms in total. The van der Waals surface area contributed by atoms with Crippen molar-refractivity contribution in [2.24, 2.45) is 5.92 Å². The smallest absolute Gasteiger partial charge is 0.0239 e. The Hall–Kier alpha value is -0.300. The highest BCUT2D eigenvalue weighted by Crippen LogP contribution is 2.24. The summed E-state index contributed by atoms with van der Waals surface area (Å²) in [4.78, 5) is 0. The topological polar surface area (TPSA) is 0 Å². The fourth-order valence-corrected chi connectivity index (χ4v) is 2.21. The Bertz CT molecular complexity index is 276. The maximum Gasteiger partial charge on any atom is 0.0239 e. The normalized spacial score (nSPS) is 10.8. The van der Waals surface area contributed by atoms with E-state index in [1.807, 2.05) is 0 Å². The molecule has 0 fully saturated rings. The average Bonchev–Trinajstić information content (AvgIpc) is 2.08. The molecule has 0 saturated heterocycles. The van der Waals surface area contributed by atoms with Gasteiger partial charge in [0.2, 0.25) is 0 Å². The molecule has 1 rings (SSSR count). The Morgan fingerprint density at radius 2 is 1.85 bits per heavy atom. The molecule has 0 heterocycles. The van der Waals surface area contributed by atoms with Crippen LogP contribution < -0.4 is 0 Å². The molecule has 0 N–H and O–H groups in total. The van der Waals surface area contributed by atoms with E-state index < -0.39 is 0 Å². The molecule has 0 radical (unpaired) electrons. The fraction of sp³-hybridized carbons (Fsp3) is 0.500. The molecule has 0 unspecified atom stereocenters. The van der Waals surface area contributed by atoms with Gasteiger partial charge < -0.3 is 0 Å². The minimum atomic E-state index is 0.725. The van der Waals surface area contributed by atoms with Crippen molar-refractivity contribution >= 4 is 15.9 Å². The molecule has 0 saturated carbocycles. The first-order valence-corrected chi connectivity index (χ1v) is 5.70. The minimum Gasteiger partial charge on any atom is -0.0625 e. The summed E-state index contributed by atoms with van der Waals surface area (Å²) in [5.41, 5.74) is 2.85. The highest BCUT2D eigenvalue weighted by atomic mass is 79.9. The van der Waals surface area contributed by atoms with E-state index in [2.05, 4.69) is 54.9 Å². The summed E-state index contributed by atoms with van der Waals surface area (Å²) in [5, 5.41) is 0. The average molecular weight is 241 g/mol. The summed E-state index contributed by atoms with van der Waals surface area (Å²) < 4.78 is 1.31. The van der Waals surface area contributed by atoms with Gasteiger partial charge in [0.25, 0.3) is 0 Å². The molecule has 1 aromatic rings. The van der Waals surface area contributed by atoms with Crippen molar-refractivity contribution in [3.63, 3.8) is 0 Å². The number of hydrogen-bond donors (Lipinski definition) is 0. The summed E-state index contributed by atoms with van der Waals surface area (Å²) >= 11 is 3.67. The molecular weight excluding hydrogens is 224 g/mol. The highest BCUT2D eigenvalue weighted by Gasteiger charge is 2.05. The van der Waals surface area contributed by atoms with Gasteiger partial charge in [0.1, 0.15) is 0 Å². The summed E-state index contributed by atoms with van der Waals surface area (Å²) in [5.74, 6) is 0.725. The molecule has 0 amide bonds. The zero-order valence-corrected chi connectivity index (χ0v) is 10.2. The van der Waals surface area contributed by atoms with Crippen LogP contribution in [0.25, 0.3) is 0 Å². The van der Waals surface area contributed by atoms with E-state index >= 15 is 0 Å². The van der Waals surface area contributed by atoms with E-state index in [1.165, 1.54) is 15.6 Å². The van der Waals surface area contributed by atoms with Crippen molar-refractivity contribution in [3.05, 3.63) is 33.8 Å². The third-order valence-electron chi connectivity index (χ3n) is 2.17. The van der Waals surface area contributed by atoms with Gasteiger partial charge in [-0.25, -0.2) is 0 Å². The summed E-state index contributed by atoms with van der Waals surface area (Å²) in [7, 11) is 0. The Morgan fingerprint density at radius 1 is 1.23 bits per heavy atom. The molecule has 0 aliphatic heterocycles. The van der Waals surface area contributed by atoms with E-state index in [9.17, 15) is 0 Å². The zero-order valence-electron chi connectivity index (χ0n) is 8.60. The van der Waals surface area contributed by atoms with Gasteiger partial charge in [-0.15, -0.1) is 0 Å². The lowest BCUT2D eigenvalue weighted by Gasteiger charge is -2.10. The third-order valence-corrected chi connectivity index (χ3v) is 3.19. The lowest BCUT2D eigenvalue weighted by atomic mass is 10.0. The van der Waals surface area contributed by atoms with Gasteiger partial charge in [0.15, 0.2) is 0 Å². The van der Waals surface area contributed by atoms with Crippen LogP contribution in [0.4, 0.5) is 0 Å². The van der Waals surface area contributed by atoms with Crippen molar-refractivity contribution in [2.75, 3.05) is 0 Å². The van der Waals surface area contributed by atoms with E-state index in [0.29, 0.717) is 0 Å². The van der Waals surface area contributed by atoms with E-state index in [4.69, 9.17) is 0 Å². The van der Waals surface area contributed by atoms with Crippen molar-refractivity contribution in [3.8, 4) is 0 Å². The third kappa shape index (κ3) is 2.84. The van der Waals surface area contributed by atoms with Crippen molar-refractivity contribution in [1.82, 2.24) is 0 Å². The summed E-state index contributed by atoms with van der Waals surface area (Å²) in [6.45, 7) is 6.70. The molecule has 0 aliphatic rings. The van der Waals surface area contributed by atoms with E-state index in [1.54, 1.807) is 0 Å². The zero-order chi connectivity index (χ0) is 9.84. The first kappa shape index (κ1) is 10.8. The van der Waals surface area contributed by atoms with Gasteiger partial charge in [-0.1, -0.05) is 54.9 Å². The number of aryl methyl sites for hydroxylation is 1. The predicted molar refractivity (Wildman–Crippen MR) is 62.1 cm³/mol. The van der Waals surface area contributed by atoms with Crippen LogP contribution in [0.5, 0.6) is 0 Å². The standard InChI is InChI=1S/C12H17Br/c1-4-10-6-5-7-11(12(10)13)8-9(2)3/h5-7,9H,4,8H2,1-3H3. The van der Waals surface area contributed by atoms with Crippen molar-refractivity contribution in [1.29, 1.82) is 0 Å². The SMILES string of the molecule is CCc1cccc(CC(C)C)c1Br. The predicted octanol–water partition coefficient (Wildman–Crippen LogP) is 4.21. The van der Waals surface area contributed by atoms with Gasteiger partial charge >= 0.3 is 0 Å². The maximum absolute atomic E-state index is 3.67. The van der Waals surface area contributed by atoms with Gasteiger partial charge in [-0.2, -0.15) is 0 Å². The van der Waals surface area contributed by atoms with Gasteiger partial charge in [-0.3, -0.25) is 0 Å². The monoisotopic (exact) mass is 240 g/mol. The van der Waals surface area contributed by atoms with Crippen LogP contribution in [0, 0.1) is 5.92 Å². The molecular formula is C12H17Br. The van der Waals surface area contributed by atoms with Crippen LogP contribution in [0.3, 0.4) is 0 Å². The van der Waals surface area contributed by atoms with E-state index in [-0.39, 0.29) is 0 Å². The molecule has 1 heteroatoms. The molecule has 0 aliphatic carbocycles. The molecule has 0 aromatic heterocycles. The van der Waals surface area contributed by atoms with Gasteiger partial charge in [0.05, 0.1) is 0 Å². The maximum atomic E-state index is 3.67. The molecule has 0 spiro atoms. The molecule has 0 bridgehead atoms. The van der Waals surface area contributed by atoms with Crippen LogP contribution in [0.15, 0.2) is 22.7 Å². The van der Waals surface area contributed by atoms with E-state index in [0.717, 1.165) is 18.8 Å². The Balaban J connectivity index is 2.94. The summed E-state index contributed by atoms with van der Waals surface area (Å²) in [6, 6.07) is 6.55. The van der Waals surface area contributed by atoms with Crippen LogP contribution in [0.1, 0.15) is 31.9 Å². The number of hydrogen-bond acceptors (Lipinski definition) is 0. The van der Waals surface area contributed by atoms with Crippen LogP contribution in [-0.4, -0.2) is 0 Å². The lowest BCUT2D eigenvalue weighted by Crippen LogP contribution is -1.97. The molecule has 72 valence electrons. The second-order valence-corrected chi connectivity index (χ2v) is 4.63. The first-order valence-electron chi connectivity index (χ1n) is 4.91. The van der Waals surface area contributed by atoms with Gasteiger partial charge in [-0.05, 0) is 29.9 Å². The molecule has 13 heavy (non-hydrogen) atoms. The Kier molecular flexibility index (Phi) is 3.98. The highest BCUT2D eigenvalue weighted by molar-refractivity contribution is 9.10. The van der Waals surface area contributed by atoms with Crippen molar-refractivity contribution < 1.29 is 0 Å². The largest absolute Gasteiger partial charge is 0.0625 e. The molecule has 0 atom stereocenters. The quantitative estimate of drug-likeness (QED) is 0.743. The van der Waals surface area contributed by atoms with Gasteiger partial charge in [0, 0.05) is 4.47 Å². The summed E-state index contributed by atoms with van der Waals surface area (Å²) in [6.07, 6.45) is 2.26. The fourth-order valence-electron chi connectivity index (χ4n) is 1.50. The lowest BCUT2D eigenvalue weighted by molar-refractivity contribution is 0.645. The van der Waals surface area contributed by atoms with Crippen LogP contribution >= 0.6 is 15.9 Å². The second kappa shape index (κ2) is 4.80. The van der Waals surface area contributed by atoms with Crippen molar-refractivity contribution in [2.45, 2.75) is 33.6 Å². The van der Waals surface area contributed by atoms with Crippen LogP contribution in [0.2, 0.25) is 0 Å².